The summed E-state index contributed by atoms with van der Waals surface area (Å²) in [5.74, 6) is -2.44. The van der Waals surface area contributed by atoms with Gasteiger partial charge in [-0.2, -0.15) is 0 Å². The molecule has 7 unspecified atom stereocenters. The smallest absolute Gasteiger partial charge is 0.305 e. The summed E-state index contributed by atoms with van der Waals surface area (Å²) in [6.45, 7) is 7.37. The first-order valence-corrected chi connectivity index (χ1v) is 25.8. The normalized spacial score (nSPS) is 13.7. The van der Waals surface area contributed by atoms with Crippen LogP contribution in [0.15, 0.2) is 47.6 Å². The topological polar surface area (TPSA) is 340 Å². The lowest BCUT2D eigenvalue weighted by Crippen LogP contribution is -2.34. The Bertz CT molecular complexity index is 1790. The zero-order valence-electron chi connectivity index (χ0n) is 42.7. The monoisotopic (exact) mass is 1080 g/mol. The lowest BCUT2D eigenvalue weighted by Gasteiger charge is -2.21. The molecule has 416 valence electrons. The van der Waals surface area contributed by atoms with Gasteiger partial charge in [0.05, 0.1) is 49.7 Å². The van der Waals surface area contributed by atoms with E-state index in [0.717, 1.165) is 5.56 Å². The molecular formula is C47H76N4O20S2. The van der Waals surface area contributed by atoms with E-state index < -0.39 is 47.8 Å². The molecule has 0 radical (unpaired) electrons. The summed E-state index contributed by atoms with van der Waals surface area (Å²) in [5.41, 5.74) is 1.43. The Morgan fingerprint density at radius 1 is 0.671 bits per heavy atom. The highest BCUT2D eigenvalue weighted by atomic mass is 33.1. The lowest BCUT2D eigenvalue weighted by molar-refractivity contribution is -0.385. The van der Waals surface area contributed by atoms with E-state index in [1.807, 2.05) is 39.8 Å². The minimum absolute atomic E-state index is 0.0416. The third kappa shape index (κ3) is 33.1. The predicted octanol–water partition coefficient (Wildman–Crippen LogP) is 4.09. The van der Waals surface area contributed by atoms with Crippen molar-refractivity contribution in [2.24, 2.45) is 0 Å². The van der Waals surface area contributed by atoms with Crippen LogP contribution < -0.4 is 10.6 Å². The van der Waals surface area contributed by atoms with E-state index in [0.29, 0.717) is 36.3 Å². The van der Waals surface area contributed by atoms with Crippen molar-refractivity contribution in [3.63, 3.8) is 0 Å². The molecule has 2 rings (SSSR count). The SMILES string of the molecule is CCC(CO)OC(CO)OC.CCC(CO)OC(COC(=O)CCCC(=O)NCCNC(=O)c1ccc(C(C)SSc2ccc([N+](=O)[O-])cn2)cc1)OC.CCC(CO)OC(COC(=O)CCCC(=O)O)OC. The third-order valence-corrected chi connectivity index (χ3v) is 12.6. The number of rotatable bonds is 37. The van der Waals surface area contributed by atoms with Gasteiger partial charge in [-0.05, 0) is 73.6 Å². The van der Waals surface area contributed by atoms with Crippen molar-refractivity contribution >= 4 is 57.0 Å². The highest BCUT2D eigenvalue weighted by Crippen LogP contribution is 2.41. The molecule has 2 aromatic rings. The number of aliphatic hydroxyl groups excluding tert-OH is 4. The number of nitrogens with zero attached hydrogens (tertiary/aromatic N) is 2. The number of hydrogen-bond donors (Lipinski definition) is 7. The summed E-state index contributed by atoms with van der Waals surface area (Å²) in [6, 6.07) is 10.2. The number of ether oxygens (including phenoxy) is 8. The average molecular weight is 1080 g/mol. The zero-order chi connectivity index (χ0) is 55.0. The van der Waals surface area contributed by atoms with Crippen LogP contribution in [0.5, 0.6) is 0 Å². The molecule has 0 fully saturated rings. The Morgan fingerprint density at radius 2 is 1.15 bits per heavy atom. The van der Waals surface area contributed by atoms with Gasteiger partial charge in [0.25, 0.3) is 11.6 Å². The van der Waals surface area contributed by atoms with Crippen molar-refractivity contribution in [3.05, 3.63) is 63.8 Å². The Hall–Kier alpha value is -4.58. The van der Waals surface area contributed by atoms with Gasteiger partial charge in [0.15, 0.2) is 18.9 Å². The molecule has 0 aliphatic carbocycles. The molecule has 1 aromatic carbocycles. The minimum atomic E-state index is -0.945. The van der Waals surface area contributed by atoms with Gasteiger partial charge < -0.3 is 74.1 Å². The molecule has 0 bridgehead atoms. The van der Waals surface area contributed by atoms with Crippen LogP contribution in [0.3, 0.4) is 0 Å². The van der Waals surface area contributed by atoms with E-state index in [2.05, 4.69) is 15.6 Å². The number of carbonyl (C=O) groups excluding carboxylic acids is 4. The average Bonchev–Trinajstić information content (AvgIpc) is 3.40. The van der Waals surface area contributed by atoms with Crippen LogP contribution in [0.25, 0.3) is 0 Å². The van der Waals surface area contributed by atoms with Gasteiger partial charge in [0, 0.05) is 77.0 Å². The van der Waals surface area contributed by atoms with E-state index >= 15 is 0 Å². The largest absolute Gasteiger partial charge is 0.481 e. The van der Waals surface area contributed by atoms with Crippen LogP contribution in [0.1, 0.15) is 107 Å². The van der Waals surface area contributed by atoms with Crippen molar-refractivity contribution in [2.45, 2.75) is 133 Å². The van der Waals surface area contributed by atoms with Crippen molar-refractivity contribution in [3.8, 4) is 0 Å². The Labute approximate surface area is 434 Å². The molecule has 24 nitrogen and oxygen atoms in total. The zero-order valence-corrected chi connectivity index (χ0v) is 44.3. The number of pyridine rings is 1. The molecule has 0 saturated carbocycles. The van der Waals surface area contributed by atoms with Gasteiger partial charge >= 0.3 is 17.9 Å². The number of methoxy groups -OCH3 is 3. The first kappa shape index (κ1) is 68.4. The second-order valence-electron chi connectivity index (χ2n) is 15.4. The quantitative estimate of drug-likeness (QED) is 0.0125. The number of aliphatic hydroxyl groups is 4. The number of nitro groups is 1. The van der Waals surface area contributed by atoms with Crippen molar-refractivity contribution in [1.82, 2.24) is 15.6 Å². The first-order chi connectivity index (χ1) is 35.0. The summed E-state index contributed by atoms with van der Waals surface area (Å²) in [5, 5.41) is 60.9. The van der Waals surface area contributed by atoms with Gasteiger partial charge in [-0.15, -0.1) is 0 Å². The molecule has 7 N–H and O–H groups in total. The Kier molecular flexibility index (Phi) is 40.1. The standard InChI is InChI=1S/C28H38N4O9S2.C12H22O7.C7H16O4/c1-4-23(17-33)41-27(39-3)18-40-26(35)7-5-6-24(34)29-14-15-30-28(36)21-10-8-20(9-11-21)19(2)42-43-25-13-12-22(16-31-25)32(37)38;1-3-9(7-13)19-12(17-2)8-18-11(16)6-4-5-10(14)15;1-3-6(4-8)11-7(5-9)10-2/h8-13,16,19,23,27,33H,4-7,14-15,17-18H2,1-3H3,(H,29,34)(H,30,36);9,12-13H,3-8H2,1-2H3,(H,14,15);6-9H,3-5H2,1-2H3. The van der Waals surface area contributed by atoms with E-state index in [4.69, 9.17) is 58.3 Å². The highest BCUT2D eigenvalue weighted by molar-refractivity contribution is 8.76. The maximum Gasteiger partial charge on any atom is 0.305 e. The number of amides is 2. The van der Waals surface area contributed by atoms with Crippen LogP contribution >= 0.6 is 21.6 Å². The molecule has 2 amide bonds. The van der Waals surface area contributed by atoms with Crippen molar-refractivity contribution < 1.29 is 92.3 Å². The lowest BCUT2D eigenvalue weighted by atomic mass is 10.1. The number of esters is 2. The molecule has 1 heterocycles. The molecule has 0 aliphatic heterocycles. The number of nitrogens with one attached hydrogen (secondary N) is 2. The van der Waals surface area contributed by atoms with Crippen LogP contribution in [-0.4, -0.2) is 176 Å². The van der Waals surface area contributed by atoms with Crippen molar-refractivity contribution in [2.75, 3.05) is 74.1 Å². The molecular weight excluding hydrogens is 1000 g/mol. The van der Waals surface area contributed by atoms with E-state index in [9.17, 15) is 39.2 Å². The minimum Gasteiger partial charge on any atom is -0.481 e. The van der Waals surface area contributed by atoms with E-state index in [1.54, 1.807) is 29.0 Å². The number of carboxylic acids is 1. The first-order valence-electron chi connectivity index (χ1n) is 23.6. The molecule has 26 heteroatoms. The van der Waals surface area contributed by atoms with Crippen LogP contribution in [0.2, 0.25) is 0 Å². The summed E-state index contributed by atoms with van der Waals surface area (Å²) in [6.07, 6.45) is 0.682. The number of carbonyl (C=O) groups is 5. The van der Waals surface area contributed by atoms with Crippen LogP contribution in [0.4, 0.5) is 5.69 Å². The molecule has 0 spiro atoms. The maximum absolute atomic E-state index is 12.5. The summed E-state index contributed by atoms with van der Waals surface area (Å²) in [7, 11) is 7.23. The highest BCUT2D eigenvalue weighted by Gasteiger charge is 2.19. The van der Waals surface area contributed by atoms with Gasteiger partial charge in [0.1, 0.15) is 24.4 Å². The predicted molar refractivity (Wildman–Crippen MR) is 268 cm³/mol. The number of hydrogen-bond acceptors (Lipinski definition) is 22. The number of benzene rings is 1. The van der Waals surface area contributed by atoms with Gasteiger partial charge in [0.2, 0.25) is 5.91 Å². The summed E-state index contributed by atoms with van der Waals surface area (Å²) >= 11 is 0. The molecule has 0 saturated heterocycles. The summed E-state index contributed by atoms with van der Waals surface area (Å²) in [4.78, 5) is 72.3. The second kappa shape index (κ2) is 42.7. The van der Waals surface area contributed by atoms with Gasteiger partial charge in [-0.1, -0.05) is 43.7 Å². The molecule has 7 atom stereocenters. The molecule has 0 aliphatic rings. The fourth-order valence-electron chi connectivity index (χ4n) is 5.37. The number of carboxylic acid groups (broad SMARTS) is 1. The van der Waals surface area contributed by atoms with Crippen molar-refractivity contribution in [1.29, 1.82) is 0 Å². The van der Waals surface area contributed by atoms with Crippen LogP contribution in [0, 0.1) is 10.1 Å². The summed E-state index contributed by atoms with van der Waals surface area (Å²) < 4.78 is 40.8. The van der Waals surface area contributed by atoms with E-state index in [1.165, 1.54) is 44.4 Å². The Morgan fingerprint density at radius 3 is 1.56 bits per heavy atom. The fraction of sp³-hybridized carbons (Fsp3) is 0.660. The Balaban J connectivity index is 0.00000141. The number of aromatic nitrogens is 1. The van der Waals surface area contributed by atoms with E-state index in [-0.39, 0.29) is 120 Å². The van der Waals surface area contributed by atoms with Gasteiger partial charge in [-0.3, -0.25) is 34.1 Å². The van der Waals surface area contributed by atoms with Gasteiger partial charge in [-0.25, -0.2) is 4.98 Å². The second-order valence-corrected chi connectivity index (χ2v) is 17.9. The third-order valence-electron chi connectivity index (χ3n) is 9.85. The fourth-order valence-corrected chi connectivity index (χ4v) is 7.46. The maximum atomic E-state index is 12.5. The molecule has 1 aromatic heterocycles. The molecule has 73 heavy (non-hydrogen) atoms. The van der Waals surface area contributed by atoms with Crippen LogP contribution in [-0.2, 0) is 57.1 Å². The number of aliphatic carboxylic acids is 1.